The molecule has 1 atom stereocenters. The van der Waals surface area contributed by atoms with E-state index in [1.807, 2.05) is 45.9 Å². The van der Waals surface area contributed by atoms with Crippen LogP contribution in [0.2, 0.25) is 5.02 Å². The molecule has 0 bridgehead atoms. The van der Waals surface area contributed by atoms with Crippen molar-refractivity contribution >= 4 is 30.2 Å². The van der Waals surface area contributed by atoms with Crippen molar-refractivity contribution in [1.82, 2.24) is 5.32 Å². The molecule has 3 rings (SSSR count). The second kappa shape index (κ2) is 9.82. The Morgan fingerprint density at radius 3 is 2.35 bits per heavy atom. The lowest BCUT2D eigenvalue weighted by Crippen LogP contribution is -2.41. The summed E-state index contributed by atoms with van der Waals surface area (Å²) in [6, 6.07) is 5.56. The van der Waals surface area contributed by atoms with Gasteiger partial charge in [-0.05, 0) is 77.3 Å². The molecule has 1 N–H and O–H groups in total. The number of rotatable bonds is 8. The topological polar surface area (TPSA) is 56.8 Å². The molecular formula is C24H37BClNO4. The highest BCUT2D eigenvalue weighted by atomic mass is 35.5. The summed E-state index contributed by atoms with van der Waals surface area (Å²) >= 11 is 6.59. The number of benzene rings is 1. The molecule has 0 spiro atoms. The quantitative estimate of drug-likeness (QED) is 0.463. The first-order valence-corrected chi connectivity index (χ1v) is 11.9. The first-order valence-electron chi connectivity index (χ1n) is 11.6. The van der Waals surface area contributed by atoms with E-state index in [2.05, 4.69) is 19.2 Å². The summed E-state index contributed by atoms with van der Waals surface area (Å²) in [5.41, 5.74) is 1.01. The Hall–Kier alpha value is -1.08. The molecule has 1 heterocycles. The molecule has 0 aromatic heterocycles. The van der Waals surface area contributed by atoms with Gasteiger partial charge in [-0.1, -0.05) is 37.6 Å². The van der Waals surface area contributed by atoms with Crippen LogP contribution in [0.4, 0.5) is 0 Å². The van der Waals surface area contributed by atoms with Crippen molar-refractivity contribution in [3.63, 3.8) is 0 Å². The Morgan fingerprint density at radius 2 is 1.81 bits per heavy atom. The molecule has 7 heteroatoms. The molecule has 1 aromatic carbocycles. The number of nitrogens with one attached hydrogen (secondary N) is 1. The fourth-order valence-corrected chi connectivity index (χ4v) is 4.36. The van der Waals surface area contributed by atoms with Gasteiger partial charge in [-0.2, -0.15) is 0 Å². The minimum absolute atomic E-state index is 0.0811. The zero-order valence-electron chi connectivity index (χ0n) is 19.8. The Balaban J connectivity index is 1.63. The predicted octanol–water partition coefficient (Wildman–Crippen LogP) is 4.63. The Kier molecular flexibility index (Phi) is 7.78. The van der Waals surface area contributed by atoms with Crippen LogP contribution in [0.15, 0.2) is 18.2 Å². The third kappa shape index (κ3) is 6.04. The van der Waals surface area contributed by atoms with E-state index in [0.29, 0.717) is 17.5 Å². The summed E-state index contributed by atoms with van der Waals surface area (Å²) in [6.07, 6.45) is 5.08. The molecule has 1 saturated carbocycles. The van der Waals surface area contributed by atoms with Gasteiger partial charge in [0, 0.05) is 17.0 Å². The van der Waals surface area contributed by atoms with Crippen molar-refractivity contribution < 1.29 is 18.8 Å². The fourth-order valence-electron chi connectivity index (χ4n) is 4.07. The van der Waals surface area contributed by atoms with Crippen molar-refractivity contribution in [3.8, 4) is 0 Å². The van der Waals surface area contributed by atoms with Crippen LogP contribution in [0.1, 0.15) is 79.2 Å². The molecule has 5 nitrogen and oxygen atoms in total. The maximum atomic E-state index is 12.7. The first kappa shape index (κ1) is 24.6. The van der Waals surface area contributed by atoms with Gasteiger partial charge in [-0.15, -0.1) is 0 Å². The van der Waals surface area contributed by atoms with Crippen LogP contribution >= 0.6 is 11.6 Å². The van der Waals surface area contributed by atoms with E-state index in [4.69, 9.17) is 25.6 Å². The lowest BCUT2D eigenvalue weighted by molar-refractivity contribution is -0.151. The van der Waals surface area contributed by atoms with E-state index < -0.39 is 18.3 Å². The molecule has 1 saturated heterocycles. The number of carbonyl (C=O) groups is 1. The molecule has 0 amide bonds. The Labute approximate surface area is 192 Å². The largest absolute Gasteiger partial charge is 0.496 e. The van der Waals surface area contributed by atoms with E-state index in [1.165, 1.54) is 0 Å². The van der Waals surface area contributed by atoms with E-state index in [1.54, 1.807) is 0 Å². The fraction of sp³-hybridized carbons (Fsp3) is 0.708. The smallest absolute Gasteiger partial charge is 0.461 e. The summed E-state index contributed by atoms with van der Waals surface area (Å²) in [5, 5.41) is 3.99. The SMILES string of the molecule is CC(C)C[C@H](NCc1ccc(B2OC(C)(C)C(C)(C)O2)c(Cl)c1)C(=O)OC1CCCC1. The highest BCUT2D eigenvalue weighted by molar-refractivity contribution is 6.65. The van der Waals surface area contributed by atoms with Gasteiger partial charge in [0.2, 0.25) is 0 Å². The molecule has 172 valence electrons. The second-order valence-electron chi connectivity index (χ2n) is 10.4. The van der Waals surface area contributed by atoms with Crippen LogP contribution in [0.25, 0.3) is 0 Å². The van der Waals surface area contributed by atoms with Crippen LogP contribution < -0.4 is 10.8 Å². The van der Waals surface area contributed by atoms with Crippen molar-refractivity contribution in [2.75, 3.05) is 0 Å². The number of hydrogen-bond donors (Lipinski definition) is 1. The van der Waals surface area contributed by atoms with Crippen molar-refractivity contribution in [2.45, 2.75) is 104 Å². The predicted molar refractivity (Wildman–Crippen MR) is 126 cm³/mol. The average Bonchev–Trinajstić information content (AvgIpc) is 3.23. The van der Waals surface area contributed by atoms with E-state index >= 15 is 0 Å². The summed E-state index contributed by atoms with van der Waals surface area (Å²) < 4.78 is 18.0. The summed E-state index contributed by atoms with van der Waals surface area (Å²) in [7, 11) is -0.491. The van der Waals surface area contributed by atoms with Gasteiger partial charge in [0.1, 0.15) is 12.1 Å². The van der Waals surface area contributed by atoms with E-state index in [-0.39, 0.29) is 18.1 Å². The van der Waals surface area contributed by atoms with E-state index in [0.717, 1.165) is 43.1 Å². The summed E-state index contributed by atoms with van der Waals surface area (Å²) in [4.78, 5) is 12.7. The normalized spacial score (nSPS) is 21.6. The Morgan fingerprint density at radius 1 is 1.19 bits per heavy atom. The standard InChI is InChI=1S/C24H37BClNO4/c1-16(2)13-21(22(28)29-18-9-7-8-10-18)27-15-17-11-12-19(20(26)14-17)25-30-23(3,4)24(5,6)31-25/h11-12,14,16,18,21,27H,7-10,13,15H2,1-6H3/t21-/m0/s1. The lowest BCUT2D eigenvalue weighted by Gasteiger charge is -2.32. The zero-order chi connectivity index (χ0) is 22.8. The third-order valence-corrected chi connectivity index (χ3v) is 7.03. The van der Waals surface area contributed by atoms with Gasteiger partial charge in [-0.3, -0.25) is 4.79 Å². The van der Waals surface area contributed by atoms with Gasteiger partial charge in [0.15, 0.2) is 0 Å². The van der Waals surface area contributed by atoms with Crippen LogP contribution in [-0.4, -0.2) is 36.4 Å². The van der Waals surface area contributed by atoms with Gasteiger partial charge in [-0.25, -0.2) is 0 Å². The number of halogens is 1. The molecule has 1 aliphatic carbocycles. The van der Waals surface area contributed by atoms with Gasteiger partial charge in [0.05, 0.1) is 11.2 Å². The van der Waals surface area contributed by atoms with Crippen molar-refractivity contribution in [1.29, 1.82) is 0 Å². The van der Waals surface area contributed by atoms with E-state index in [9.17, 15) is 4.79 Å². The maximum absolute atomic E-state index is 12.7. The van der Waals surface area contributed by atoms with Gasteiger partial charge < -0.3 is 19.4 Å². The maximum Gasteiger partial charge on any atom is 0.496 e. The second-order valence-corrected chi connectivity index (χ2v) is 10.8. The molecule has 1 aliphatic heterocycles. The molecule has 0 unspecified atom stereocenters. The minimum atomic E-state index is -0.491. The van der Waals surface area contributed by atoms with Crippen molar-refractivity contribution in [2.24, 2.45) is 5.92 Å². The lowest BCUT2D eigenvalue weighted by atomic mass is 9.78. The highest BCUT2D eigenvalue weighted by Crippen LogP contribution is 2.37. The molecular weight excluding hydrogens is 413 g/mol. The summed E-state index contributed by atoms with van der Waals surface area (Å²) in [5.74, 6) is 0.253. The first-order chi connectivity index (χ1) is 14.5. The number of carbonyl (C=O) groups excluding carboxylic acids is 1. The monoisotopic (exact) mass is 449 g/mol. The molecule has 2 fully saturated rings. The van der Waals surface area contributed by atoms with Crippen molar-refractivity contribution in [3.05, 3.63) is 28.8 Å². The van der Waals surface area contributed by atoms with Crippen LogP contribution in [0.3, 0.4) is 0 Å². The summed E-state index contributed by atoms with van der Waals surface area (Å²) in [6.45, 7) is 12.9. The number of esters is 1. The Bertz CT molecular complexity index is 761. The molecule has 2 aliphatic rings. The van der Waals surface area contributed by atoms with Crippen LogP contribution in [0.5, 0.6) is 0 Å². The number of ether oxygens (including phenoxy) is 1. The van der Waals surface area contributed by atoms with Gasteiger partial charge in [0.25, 0.3) is 0 Å². The molecule has 1 aromatic rings. The number of hydrogen-bond acceptors (Lipinski definition) is 5. The van der Waals surface area contributed by atoms with Crippen LogP contribution in [-0.2, 0) is 25.4 Å². The third-order valence-electron chi connectivity index (χ3n) is 6.70. The van der Waals surface area contributed by atoms with Gasteiger partial charge >= 0.3 is 13.1 Å². The minimum Gasteiger partial charge on any atom is -0.461 e. The van der Waals surface area contributed by atoms with Crippen LogP contribution in [0, 0.1) is 5.92 Å². The molecule has 0 radical (unpaired) electrons. The highest BCUT2D eigenvalue weighted by Gasteiger charge is 2.52. The average molecular weight is 450 g/mol. The zero-order valence-corrected chi connectivity index (χ0v) is 20.6. The molecule has 31 heavy (non-hydrogen) atoms.